The van der Waals surface area contributed by atoms with Crippen molar-refractivity contribution in [3.63, 3.8) is 0 Å². The molecule has 1 amide bonds. The van der Waals surface area contributed by atoms with E-state index in [-0.39, 0.29) is 18.5 Å². The van der Waals surface area contributed by atoms with Gasteiger partial charge in [-0.05, 0) is 43.2 Å². The van der Waals surface area contributed by atoms with E-state index in [4.69, 9.17) is 22.1 Å². The molecule has 4 rings (SSSR count). The fourth-order valence-corrected chi connectivity index (χ4v) is 3.39. The highest BCUT2D eigenvalue weighted by Gasteiger charge is 2.24. The molecule has 2 heterocycles. The number of hydrogen-bond donors (Lipinski definition) is 2. The Labute approximate surface area is 179 Å². The van der Waals surface area contributed by atoms with Crippen molar-refractivity contribution in [3.8, 4) is 5.75 Å². The summed E-state index contributed by atoms with van der Waals surface area (Å²) in [6.07, 6.45) is 1.39. The van der Waals surface area contributed by atoms with E-state index in [2.05, 4.69) is 20.3 Å². The molecule has 1 aliphatic heterocycles. The van der Waals surface area contributed by atoms with Crippen LogP contribution in [0.1, 0.15) is 24.2 Å². The minimum Gasteiger partial charge on any atom is -0.483 e. The van der Waals surface area contributed by atoms with Gasteiger partial charge in [-0.2, -0.15) is 15.0 Å². The number of hydrogen-bond acceptors (Lipinski definition) is 7. The van der Waals surface area contributed by atoms with Crippen LogP contribution in [-0.2, 0) is 11.4 Å². The minimum absolute atomic E-state index is 0.0762. The van der Waals surface area contributed by atoms with Crippen LogP contribution in [0.5, 0.6) is 5.75 Å². The number of aryl methyl sites for hydroxylation is 1. The van der Waals surface area contributed by atoms with Gasteiger partial charge >= 0.3 is 0 Å². The Hall–Kier alpha value is -3.39. The standard InChI is InChI=1S/C21H21ClN6O2/c1-13-8-9-14(11-15(13)22)24-21-26-18(25-20(23)27-21)12-30-17-6-3-2-5-16(17)28-10-4-7-19(28)29/h2-3,5-6,8-9,11H,4,7,10,12H2,1H3,(H3,23,24,25,26,27). The molecule has 0 spiro atoms. The SMILES string of the molecule is Cc1ccc(Nc2nc(N)nc(COc3ccccc3N3CCCC3=O)n2)cc1Cl. The van der Waals surface area contributed by atoms with E-state index in [1.54, 1.807) is 11.0 Å². The van der Waals surface area contributed by atoms with Crippen LogP contribution in [0.4, 0.5) is 23.3 Å². The highest BCUT2D eigenvalue weighted by atomic mass is 35.5. The number of halogens is 1. The van der Waals surface area contributed by atoms with Crippen molar-refractivity contribution in [2.24, 2.45) is 0 Å². The largest absolute Gasteiger partial charge is 0.483 e. The molecule has 2 aromatic carbocycles. The molecule has 1 fully saturated rings. The van der Waals surface area contributed by atoms with Crippen LogP contribution in [0.2, 0.25) is 5.02 Å². The van der Waals surface area contributed by atoms with Crippen LogP contribution >= 0.6 is 11.6 Å². The number of aromatic nitrogens is 3. The number of anilines is 4. The Bertz CT molecular complexity index is 1090. The first kappa shape index (κ1) is 19.9. The van der Waals surface area contributed by atoms with Gasteiger partial charge in [0.2, 0.25) is 17.8 Å². The Balaban J connectivity index is 1.51. The molecule has 9 heteroatoms. The Morgan fingerprint density at radius 3 is 2.80 bits per heavy atom. The molecule has 30 heavy (non-hydrogen) atoms. The third-order valence-electron chi connectivity index (χ3n) is 4.71. The number of nitrogens with one attached hydrogen (secondary N) is 1. The second-order valence-corrected chi connectivity index (χ2v) is 7.33. The van der Waals surface area contributed by atoms with Crippen LogP contribution in [0.25, 0.3) is 0 Å². The minimum atomic E-state index is 0.0762. The van der Waals surface area contributed by atoms with Gasteiger partial charge in [0.15, 0.2) is 5.82 Å². The maximum Gasteiger partial charge on any atom is 0.232 e. The van der Waals surface area contributed by atoms with Gasteiger partial charge < -0.3 is 20.7 Å². The van der Waals surface area contributed by atoms with Crippen LogP contribution < -0.4 is 20.7 Å². The maximum absolute atomic E-state index is 12.1. The van der Waals surface area contributed by atoms with Gasteiger partial charge in [-0.15, -0.1) is 0 Å². The molecule has 0 aliphatic carbocycles. The molecule has 1 saturated heterocycles. The van der Waals surface area contributed by atoms with Gasteiger partial charge in [0.05, 0.1) is 5.69 Å². The quantitative estimate of drug-likeness (QED) is 0.618. The van der Waals surface area contributed by atoms with Crippen molar-refractivity contribution in [1.29, 1.82) is 0 Å². The summed E-state index contributed by atoms with van der Waals surface area (Å²) in [6, 6.07) is 13.0. The van der Waals surface area contributed by atoms with Crippen LogP contribution in [0.3, 0.4) is 0 Å². The zero-order valence-corrected chi connectivity index (χ0v) is 17.2. The van der Waals surface area contributed by atoms with Gasteiger partial charge in [-0.25, -0.2) is 0 Å². The molecule has 0 unspecified atom stereocenters. The predicted molar refractivity (Wildman–Crippen MR) is 116 cm³/mol. The van der Waals surface area contributed by atoms with Gasteiger partial charge in [0.1, 0.15) is 12.4 Å². The molecule has 0 atom stereocenters. The number of nitrogens with zero attached hydrogens (tertiary/aromatic N) is 4. The molecule has 8 nitrogen and oxygen atoms in total. The lowest BCUT2D eigenvalue weighted by Crippen LogP contribution is -2.24. The average Bonchev–Trinajstić information content (AvgIpc) is 3.15. The fourth-order valence-electron chi connectivity index (χ4n) is 3.21. The second-order valence-electron chi connectivity index (χ2n) is 6.93. The number of nitrogens with two attached hydrogens (primary N) is 1. The molecule has 3 aromatic rings. The molecule has 1 aliphatic rings. The first-order chi connectivity index (χ1) is 14.5. The van der Waals surface area contributed by atoms with Crippen molar-refractivity contribution in [1.82, 2.24) is 15.0 Å². The lowest BCUT2D eigenvalue weighted by Gasteiger charge is -2.19. The summed E-state index contributed by atoms with van der Waals surface area (Å²) in [5.74, 6) is 1.42. The van der Waals surface area contributed by atoms with Crippen molar-refractivity contribution >= 4 is 40.8 Å². The number of amides is 1. The van der Waals surface area contributed by atoms with E-state index in [0.717, 1.165) is 23.4 Å². The first-order valence-electron chi connectivity index (χ1n) is 9.55. The summed E-state index contributed by atoms with van der Waals surface area (Å²) in [7, 11) is 0. The summed E-state index contributed by atoms with van der Waals surface area (Å²) in [6.45, 7) is 2.69. The molecular formula is C21H21ClN6O2. The zero-order chi connectivity index (χ0) is 21.1. The number of carbonyl (C=O) groups is 1. The molecular weight excluding hydrogens is 404 g/mol. The van der Waals surface area contributed by atoms with E-state index in [0.29, 0.717) is 35.5 Å². The van der Waals surface area contributed by atoms with Crippen molar-refractivity contribution < 1.29 is 9.53 Å². The predicted octanol–water partition coefficient (Wildman–Crippen LogP) is 3.87. The smallest absolute Gasteiger partial charge is 0.232 e. The van der Waals surface area contributed by atoms with Gasteiger partial charge in [0, 0.05) is 23.7 Å². The number of para-hydroxylation sites is 2. The molecule has 0 saturated carbocycles. The number of rotatable bonds is 6. The fraction of sp³-hybridized carbons (Fsp3) is 0.238. The van der Waals surface area contributed by atoms with E-state index in [1.165, 1.54) is 0 Å². The third-order valence-corrected chi connectivity index (χ3v) is 5.12. The van der Waals surface area contributed by atoms with Crippen LogP contribution in [-0.4, -0.2) is 27.4 Å². The molecule has 0 bridgehead atoms. The van der Waals surface area contributed by atoms with E-state index < -0.39 is 0 Å². The van der Waals surface area contributed by atoms with Crippen molar-refractivity contribution in [2.45, 2.75) is 26.4 Å². The van der Waals surface area contributed by atoms with Crippen molar-refractivity contribution in [2.75, 3.05) is 22.5 Å². The molecule has 1 aromatic heterocycles. The Morgan fingerprint density at radius 1 is 1.20 bits per heavy atom. The summed E-state index contributed by atoms with van der Waals surface area (Å²) >= 11 is 6.17. The van der Waals surface area contributed by atoms with Crippen molar-refractivity contribution in [3.05, 3.63) is 58.9 Å². The van der Waals surface area contributed by atoms with Gasteiger partial charge in [0.25, 0.3) is 0 Å². The molecule has 0 radical (unpaired) electrons. The zero-order valence-electron chi connectivity index (χ0n) is 16.4. The second kappa shape index (κ2) is 8.54. The lowest BCUT2D eigenvalue weighted by atomic mass is 10.2. The topological polar surface area (TPSA) is 106 Å². The summed E-state index contributed by atoms with van der Waals surface area (Å²) in [5, 5.41) is 3.72. The number of ether oxygens (including phenoxy) is 1. The van der Waals surface area contributed by atoms with Crippen LogP contribution in [0, 0.1) is 6.92 Å². The number of carbonyl (C=O) groups excluding carboxylic acids is 1. The number of nitrogen functional groups attached to an aromatic ring is 1. The summed E-state index contributed by atoms with van der Waals surface area (Å²) in [5.41, 5.74) is 8.30. The molecule has 154 valence electrons. The van der Waals surface area contributed by atoms with E-state index >= 15 is 0 Å². The highest BCUT2D eigenvalue weighted by molar-refractivity contribution is 6.31. The summed E-state index contributed by atoms with van der Waals surface area (Å²) in [4.78, 5) is 26.5. The van der Waals surface area contributed by atoms with E-state index in [1.807, 2.05) is 43.3 Å². The normalized spacial score (nSPS) is 13.5. The third kappa shape index (κ3) is 4.44. The highest BCUT2D eigenvalue weighted by Crippen LogP contribution is 2.31. The van der Waals surface area contributed by atoms with Gasteiger partial charge in [-0.1, -0.05) is 29.8 Å². The lowest BCUT2D eigenvalue weighted by molar-refractivity contribution is -0.117. The molecule has 3 N–H and O–H groups in total. The summed E-state index contributed by atoms with van der Waals surface area (Å²) < 4.78 is 5.93. The van der Waals surface area contributed by atoms with E-state index in [9.17, 15) is 4.79 Å². The monoisotopic (exact) mass is 424 g/mol. The Morgan fingerprint density at radius 2 is 2.03 bits per heavy atom. The number of benzene rings is 2. The average molecular weight is 425 g/mol. The first-order valence-corrected chi connectivity index (χ1v) is 9.93. The maximum atomic E-state index is 12.1. The Kier molecular flexibility index (Phi) is 5.67. The van der Waals surface area contributed by atoms with Crippen LogP contribution in [0.15, 0.2) is 42.5 Å². The van der Waals surface area contributed by atoms with Gasteiger partial charge in [-0.3, -0.25) is 4.79 Å².